The molecule has 2 aromatic rings. The lowest BCUT2D eigenvalue weighted by atomic mass is 9.80. The topological polar surface area (TPSA) is 21.7 Å². The molecule has 0 atom stereocenters. The third-order valence-electron chi connectivity index (χ3n) is 5.35. The summed E-state index contributed by atoms with van der Waals surface area (Å²) >= 11 is 0. The fourth-order valence-electron chi connectivity index (χ4n) is 3.70. The summed E-state index contributed by atoms with van der Waals surface area (Å²) in [7, 11) is 3.42. The van der Waals surface area contributed by atoms with Crippen LogP contribution >= 0.6 is 0 Å². The van der Waals surface area contributed by atoms with Crippen LogP contribution in [0.15, 0.2) is 42.5 Å². The first kappa shape index (κ1) is 17.8. The Kier molecular flexibility index (Phi) is 5.33. The molecule has 0 bridgehead atoms. The lowest BCUT2D eigenvalue weighted by Crippen LogP contribution is -2.27. The zero-order chi connectivity index (χ0) is 17.9. The van der Waals surface area contributed by atoms with Gasteiger partial charge in [0.05, 0.1) is 14.2 Å². The molecule has 0 saturated carbocycles. The Bertz CT molecular complexity index is 709. The molecular weight excluding hydrogens is 310 g/mol. The molecule has 0 saturated heterocycles. The Labute approximate surface area is 151 Å². The average molecular weight is 339 g/mol. The summed E-state index contributed by atoms with van der Waals surface area (Å²) < 4.78 is 11.1. The molecule has 1 aliphatic rings. The zero-order valence-corrected chi connectivity index (χ0v) is 15.8. The molecule has 134 valence electrons. The number of fused-ring (bicyclic) bond motifs is 1. The first-order chi connectivity index (χ1) is 12.0. The molecule has 0 aliphatic carbocycles. The second kappa shape index (κ2) is 7.49. The van der Waals surface area contributed by atoms with E-state index in [0.29, 0.717) is 0 Å². The van der Waals surface area contributed by atoms with Crippen LogP contribution in [-0.4, -0.2) is 32.2 Å². The van der Waals surface area contributed by atoms with Gasteiger partial charge in [0.15, 0.2) is 11.5 Å². The molecule has 0 unspecified atom stereocenters. The molecule has 3 rings (SSSR count). The normalized spacial score (nSPS) is 16.8. The van der Waals surface area contributed by atoms with Crippen LogP contribution in [0.25, 0.3) is 0 Å². The molecule has 1 heterocycles. The number of hydrogen-bond acceptors (Lipinski definition) is 3. The Hall–Kier alpha value is -2.00. The Morgan fingerprint density at radius 1 is 1.00 bits per heavy atom. The van der Waals surface area contributed by atoms with E-state index in [1.807, 2.05) is 0 Å². The van der Waals surface area contributed by atoms with Crippen molar-refractivity contribution in [2.75, 3.05) is 27.3 Å². The molecule has 3 heteroatoms. The van der Waals surface area contributed by atoms with Crippen LogP contribution in [0.5, 0.6) is 11.5 Å². The molecular formula is C22H29NO2. The molecule has 0 radical (unpaired) electrons. The first-order valence-electron chi connectivity index (χ1n) is 9.05. The van der Waals surface area contributed by atoms with Crippen LogP contribution in [0.3, 0.4) is 0 Å². The summed E-state index contributed by atoms with van der Waals surface area (Å²) in [5.41, 5.74) is 4.27. The van der Waals surface area contributed by atoms with Crippen LogP contribution < -0.4 is 9.47 Å². The molecule has 1 aliphatic heterocycles. The van der Waals surface area contributed by atoms with Crippen molar-refractivity contribution >= 4 is 0 Å². The van der Waals surface area contributed by atoms with Crippen molar-refractivity contribution < 1.29 is 9.47 Å². The number of benzene rings is 2. The standard InChI is InChI=1S/C22H29NO2/c1-22(2)11-13-23(12-10-17-8-6-5-7-9-17)16-18-14-20(24-3)21(25-4)15-19(18)22/h5-9,14-15H,10-13,16H2,1-4H3. The summed E-state index contributed by atoms with van der Waals surface area (Å²) in [4.78, 5) is 2.56. The smallest absolute Gasteiger partial charge is 0.161 e. The minimum absolute atomic E-state index is 0.135. The molecule has 2 aromatic carbocycles. The van der Waals surface area contributed by atoms with Gasteiger partial charge in [-0.3, -0.25) is 4.90 Å². The molecule has 0 aromatic heterocycles. The van der Waals surface area contributed by atoms with Gasteiger partial charge >= 0.3 is 0 Å². The van der Waals surface area contributed by atoms with Gasteiger partial charge in [0.1, 0.15) is 0 Å². The molecule has 3 nitrogen and oxygen atoms in total. The van der Waals surface area contributed by atoms with Gasteiger partial charge in [-0.2, -0.15) is 0 Å². The van der Waals surface area contributed by atoms with Gasteiger partial charge < -0.3 is 9.47 Å². The van der Waals surface area contributed by atoms with Crippen LogP contribution in [-0.2, 0) is 18.4 Å². The van der Waals surface area contributed by atoms with E-state index in [1.54, 1.807) is 14.2 Å². The van der Waals surface area contributed by atoms with E-state index in [9.17, 15) is 0 Å². The second-order valence-corrected chi connectivity index (χ2v) is 7.51. The molecule has 0 spiro atoms. The van der Waals surface area contributed by atoms with Crippen LogP contribution in [0.2, 0.25) is 0 Å². The maximum absolute atomic E-state index is 5.53. The van der Waals surface area contributed by atoms with E-state index in [4.69, 9.17) is 9.47 Å². The van der Waals surface area contributed by atoms with E-state index in [0.717, 1.165) is 44.0 Å². The highest BCUT2D eigenvalue weighted by Crippen LogP contribution is 2.40. The fraction of sp³-hybridized carbons (Fsp3) is 0.455. The number of methoxy groups -OCH3 is 2. The van der Waals surface area contributed by atoms with Gasteiger partial charge in [-0.15, -0.1) is 0 Å². The maximum Gasteiger partial charge on any atom is 0.161 e. The largest absolute Gasteiger partial charge is 0.493 e. The highest BCUT2D eigenvalue weighted by Gasteiger charge is 2.30. The Morgan fingerprint density at radius 3 is 2.36 bits per heavy atom. The van der Waals surface area contributed by atoms with Crippen molar-refractivity contribution in [3.05, 3.63) is 59.2 Å². The highest BCUT2D eigenvalue weighted by atomic mass is 16.5. The fourth-order valence-corrected chi connectivity index (χ4v) is 3.70. The van der Waals surface area contributed by atoms with Gasteiger partial charge in [0, 0.05) is 13.1 Å². The number of rotatable bonds is 5. The van der Waals surface area contributed by atoms with E-state index >= 15 is 0 Å². The number of hydrogen-bond donors (Lipinski definition) is 0. The third-order valence-corrected chi connectivity index (χ3v) is 5.35. The summed E-state index contributed by atoms with van der Waals surface area (Å²) in [6.45, 7) is 7.82. The third kappa shape index (κ3) is 3.98. The van der Waals surface area contributed by atoms with E-state index in [-0.39, 0.29) is 5.41 Å². The quantitative estimate of drug-likeness (QED) is 0.804. The van der Waals surface area contributed by atoms with Gasteiger partial charge in [-0.25, -0.2) is 0 Å². The Morgan fingerprint density at radius 2 is 1.68 bits per heavy atom. The van der Waals surface area contributed by atoms with Crippen LogP contribution in [0.4, 0.5) is 0 Å². The summed E-state index contributed by atoms with van der Waals surface area (Å²) in [5.74, 6) is 1.65. The van der Waals surface area contributed by atoms with E-state index in [1.165, 1.54) is 16.7 Å². The van der Waals surface area contributed by atoms with Crippen molar-refractivity contribution in [1.29, 1.82) is 0 Å². The van der Waals surface area contributed by atoms with Gasteiger partial charge in [-0.1, -0.05) is 44.2 Å². The van der Waals surface area contributed by atoms with Crippen molar-refractivity contribution in [2.24, 2.45) is 0 Å². The minimum Gasteiger partial charge on any atom is -0.493 e. The lowest BCUT2D eigenvalue weighted by Gasteiger charge is -2.26. The summed E-state index contributed by atoms with van der Waals surface area (Å²) in [6.07, 6.45) is 2.23. The van der Waals surface area contributed by atoms with E-state index in [2.05, 4.69) is 61.2 Å². The minimum atomic E-state index is 0.135. The monoisotopic (exact) mass is 339 g/mol. The predicted octanol–water partition coefficient (Wildman–Crippen LogP) is 4.43. The summed E-state index contributed by atoms with van der Waals surface area (Å²) in [5, 5.41) is 0. The average Bonchev–Trinajstić information content (AvgIpc) is 2.75. The molecule has 0 N–H and O–H groups in total. The first-order valence-corrected chi connectivity index (χ1v) is 9.05. The van der Waals surface area contributed by atoms with Crippen LogP contribution in [0, 0.1) is 0 Å². The molecule has 0 amide bonds. The lowest BCUT2D eigenvalue weighted by molar-refractivity contribution is 0.257. The number of nitrogens with zero attached hydrogens (tertiary/aromatic N) is 1. The molecule has 0 fully saturated rings. The SMILES string of the molecule is COc1cc2c(cc1OC)C(C)(C)CCN(CCc1ccccc1)C2. The Balaban J connectivity index is 1.83. The van der Waals surface area contributed by atoms with Crippen LogP contribution in [0.1, 0.15) is 37.0 Å². The van der Waals surface area contributed by atoms with Crippen molar-refractivity contribution in [2.45, 2.75) is 38.6 Å². The van der Waals surface area contributed by atoms with Crippen molar-refractivity contribution in [1.82, 2.24) is 4.90 Å². The van der Waals surface area contributed by atoms with E-state index < -0.39 is 0 Å². The number of ether oxygens (including phenoxy) is 2. The molecule has 25 heavy (non-hydrogen) atoms. The second-order valence-electron chi connectivity index (χ2n) is 7.51. The van der Waals surface area contributed by atoms with Gasteiger partial charge in [0.25, 0.3) is 0 Å². The maximum atomic E-state index is 5.53. The highest BCUT2D eigenvalue weighted by molar-refractivity contribution is 5.50. The van der Waals surface area contributed by atoms with Crippen molar-refractivity contribution in [3.8, 4) is 11.5 Å². The zero-order valence-electron chi connectivity index (χ0n) is 15.8. The summed E-state index contributed by atoms with van der Waals surface area (Å²) in [6, 6.07) is 15.1. The van der Waals surface area contributed by atoms with Gasteiger partial charge in [0.2, 0.25) is 0 Å². The van der Waals surface area contributed by atoms with Crippen molar-refractivity contribution in [3.63, 3.8) is 0 Å². The van der Waals surface area contributed by atoms with Gasteiger partial charge in [-0.05, 0) is 53.6 Å². The predicted molar refractivity (Wildman–Crippen MR) is 103 cm³/mol.